The number of nitrogens with zero attached hydrogens (tertiary/aromatic N) is 3. The van der Waals surface area contributed by atoms with Gasteiger partial charge in [0, 0.05) is 44.7 Å². The lowest BCUT2D eigenvalue weighted by Crippen LogP contribution is -2.50. The van der Waals surface area contributed by atoms with Crippen molar-refractivity contribution in [3.8, 4) is 0 Å². The van der Waals surface area contributed by atoms with Crippen LogP contribution in [-0.4, -0.2) is 46.3 Å². The zero-order valence-electron chi connectivity index (χ0n) is 11.5. The van der Waals surface area contributed by atoms with Gasteiger partial charge >= 0.3 is 0 Å². The van der Waals surface area contributed by atoms with E-state index in [4.69, 9.17) is 0 Å². The Morgan fingerprint density at radius 3 is 2.95 bits per heavy atom. The molecule has 2 saturated heterocycles. The van der Waals surface area contributed by atoms with Gasteiger partial charge in [0.2, 0.25) is 5.91 Å². The topological polar surface area (TPSA) is 66.7 Å². The standard InChI is InChI=1S/C14H16BrN3O3/c15-12-3-1-10(7-13(12)18(20)21)8-16-5-6-17-11(9-16)2-4-14(17)19/h1,3,7,11H,2,4-6,8-9H2. The third kappa shape index (κ3) is 2.94. The maximum atomic E-state index is 11.7. The summed E-state index contributed by atoms with van der Waals surface area (Å²) >= 11 is 3.20. The Morgan fingerprint density at radius 1 is 1.38 bits per heavy atom. The van der Waals surface area contributed by atoms with E-state index >= 15 is 0 Å². The van der Waals surface area contributed by atoms with Crippen LogP contribution in [0.15, 0.2) is 22.7 Å². The molecule has 2 fully saturated rings. The number of hydrogen-bond donors (Lipinski definition) is 0. The Bertz CT molecular complexity index is 593. The minimum absolute atomic E-state index is 0.0992. The number of benzene rings is 1. The summed E-state index contributed by atoms with van der Waals surface area (Å²) in [6.07, 6.45) is 1.58. The SMILES string of the molecule is O=C1CCC2CN(Cc3ccc(Br)c([N+](=O)[O-])c3)CCN12. The van der Waals surface area contributed by atoms with E-state index in [0.29, 0.717) is 23.5 Å². The smallest absolute Gasteiger partial charge is 0.283 e. The second kappa shape index (κ2) is 5.73. The highest BCUT2D eigenvalue weighted by Gasteiger charge is 2.35. The summed E-state index contributed by atoms with van der Waals surface area (Å²) in [4.78, 5) is 26.5. The lowest BCUT2D eigenvalue weighted by molar-refractivity contribution is -0.385. The predicted octanol–water partition coefficient (Wildman–Crippen LogP) is 2.16. The van der Waals surface area contributed by atoms with Crippen molar-refractivity contribution in [2.45, 2.75) is 25.4 Å². The Hall–Kier alpha value is -1.47. The van der Waals surface area contributed by atoms with Gasteiger partial charge < -0.3 is 4.90 Å². The molecule has 1 aromatic rings. The van der Waals surface area contributed by atoms with Crippen LogP contribution in [0.3, 0.4) is 0 Å². The molecule has 7 heteroatoms. The molecule has 3 rings (SSSR count). The van der Waals surface area contributed by atoms with Gasteiger partial charge in [-0.2, -0.15) is 0 Å². The van der Waals surface area contributed by atoms with Gasteiger partial charge in [0.05, 0.1) is 9.40 Å². The molecule has 21 heavy (non-hydrogen) atoms. The molecule has 0 spiro atoms. The van der Waals surface area contributed by atoms with Gasteiger partial charge in [0.25, 0.3) is 5.69 Å². The maximum absolute atomic E-state index is 11.7. The highest BCUT2D eigenvalue weighted by atomic mass is 79.9. The van der Waals surface area contributed by atoms with E-state index in [1.165, 1.54) is 0 Å². The van der Waals surface area contributed by atoms with E-state index in [9.17, 15) is 14.9 Å². The van der Waals surface area contributed by atoms with Crippen molar-refractivity contribution in [2.75, 3.05) is 19.6 Å². The van der Waals surface area contributed by atoms with Crippen LogP contribution >= 0.6 is 15.9 Å². The van der Waals surface area contributed by atoms with Crippen LogP contribution in [0.1, 0.15) is 18.4 Å². The van der Waals surface area contributed by atoms with Crippen LogP contribution in [-0.2, 0) is 11.3 Å². The van der Waals surface area contributed by atoms with Crippen molar-refractivity contribution in [1.29, 1.82) is 0 Å². The molecule has 1 amide bonds. The fourth-order valence-corrected chi connectivity index (χ4v) is 3.52. The first-order valence-electron chi connectivity index (χ1n) is 6.99. The van der Waals surface area contributed by atoms with Crippen LogP contribution < -0.4 is 0 Å². The van der Waals surface area contributed by atoms with E-state index in [-0.39, 0.29) is 16.5 Å². The summed E-state index contributed by atoms with van der Waals surface area (Å²) in [6.45, 7) is 3.14. The second-order valence-corrected chi connectivity index (χ2v) is 6.41. The molecule has 2 heterocycles. The number of rotatable bonds is 3. The summed E-state index contributed by atoms with van der Waals surface area (Å²) in [5, 5.41) is 11.0. The minimum atomic E-state index is -0.374. The summed E-state index contributed by atoms with van der Waals surface area (Å²) < 4.78 is 0.502. The van der Waals surface area contributed by atoms with Crippen LogP contribution in [0.5, 0.6) is 0 Å². The van der Waals surface area contributed by atoms with Gasteiger partial charge in [0.1, 0.15) is 0 Å². The van der Waals surface area contributed by atoms with Gasteiger partial charge in [-0.25, -0.2) is 0 Å². The average molecular weight is 354 g/mol. The van der Waals surface area contributed by atoms with E-state index in [2.05, 4.69) is 20.8 Å². The highest BCUT2D eigenvalue weighted by Crippen LogP contribution is 2.27. The molecule has 112 valence electrons. The molecule has 1 aromatic carbocycles. The van der Waals surface area contributed by atoms with Gasteiger partial charge in [-0.1, -0.05) is 6.07 Å². The zero-order valence-corrected chi connectivity index (χ0v) is 13.1. The quantitative estimate of drug-likeness (QED) is 0.616. The summed E-state index contributed by atoms with van der Waals surface area (Å²) in [5.74, 6) is 0.263. The van der Waals surface area contributed by atoms with Crippen molar-refractivity contribution < 1.29 is 9.72 Å². The fraction of sp³-hybridized carbons (Fsp3) is 0.500. The number of carbonyl (C=O) groups excluding carboxylic acids is 1. The number of halogens is 1. The van der Waals surface area contributed by atoms with E-state index in [0.717, 1.165) is 31.6 Å². The van der Waals surface area contributed by atoms with Crippen molar-refractivity contribution >= 4 is 27.5 Å². The number of carbonyl (C=O) groups is 1. The molecular weight excluding hydrogens is 338 g/mol. The van der Waals surface area contributed by atoms with Gasteiger partial charge in [-0.15, -0.1) is 0 Å². The number of fused-ring (bicyclic) bond motifs is 1. The highest BCUT2D eigenvalue weighted by molar-refractivity contribution is 9.10. The molecule has 0 radical (unpaired) electrons. The lowest BCUT2D eigenvalue weighted by atomic mass is 10.1. The molecule has 0 bridgehead atoms. The van der Waals surface area contributed by atoms with Crippen LogP contribution in [0.25, 0.3) is 0 Å². The number of nitro groups is 1. The predicted molar refractivity (Wildman–Crippen MR) is 80.8 cm³/mol. The Morgan fingerprint density at radius 2 is 2.19 bits per heavy atom. The number of amides is 1. The van der Waals surface area contributed by atoms with E-state index in [1.54, 1.807) is 12.1 Å². The van der Waals surface area contributed by atoms with E-state index < -0.39 is 0 Å². The Labute approximate surface area is 131 Å². The first kappa shape index (κ1) is 14.5. The van der Waals surface area contributed by atoms with Gasteiger partial charge in [-0.3, -0.25) is 19.8 Å². The molecular formula is C14H16BrN3O3. The van der Waals surface area contributed by atoms with Crippen LogP contribution in [0.4, 0.5) is 5.69 Å². The summed E-state index contributed by atoms with van der Waals surface area (Å²) in [7, 11) is 0. The number of hydrogen-bond acceptors (Lipinski definition) is 4. The molecule has 2 aliphatic heterocycles. The van der Waals surface area contributed by atoms with Crippen molar-refractivity contribution in [3.63, 3.8) is 0 Å². The number of nitro benzene ring substituents is 1. The molecule has 0 saturated carbocycles. The molecule has 1 atom stereocenters. The third-order valence-electron chi connectivity index (χ3n) is 4.19. The Balaban J connectivity index is 1.69. The largest absolute Gasteiger partial charge is 0.337 e. The van der Waals surface area contributed by atoms with Crippen molar-refractivity contribution in [2.24, 2.45) is 0 Å². The molecule has 1 unspecified atom stereocenters. The zero-order chi connectivity index (χ0) is 15.0. The number of piperazine rings is 1. The van der Waals surface area contributed by atoms with Gasteiger partial charge in [-0.05, 0) is 34.0 Å². The normalized spacial score (nSPS) is 22.4. The van der Waals surface area contributed by atoms with Crippen LogP contribution in [0.2, 0.25) is 0 Å². The summed E-state index contributed by atoms with van der Waals surface area (Å²) in [5.41, 5.74) is 1.03. The average Bonchev–Trinajstić information content (AvgIpc) is 2.82. The molecule has 6 nitrogen and oxygen atoms in total. The monoisotopic (exact) mass is 353 g/mol. The van der Waals surface area contributed by atoms with Gasteiger partial charge in [0.15, 0.2) is 0 Å². The molecule has 2 aliphatic rings. The lowest BCUT2D eigenvalue weighted by Gasteiger charge is -2.37. The second-order valence-electron chi connectivity index (χ2n) is 5.56. The van der Waals surface area contributed by atoms with Crippen molar-refractivity contribution in [3.05, 3.63) is 38.3 Å². The minimum Gasteiger partial charge on any atom is -0.337 e. The Kier molecular flexibility index (Phi) is 3.95. The van der Waals surface area contributed by atoms with Crippen molar-refractivity contribution in [1.82, 2.24) is 9.80 Å². The van der Waals surface area contributed by atoms with E-state index in [1.807, 2.05) is 11.0 Å². The fourth-order valence-electron chi connectivity index (χ4n) is 3.13. The summed E-state index contributed by atoms with van der Waals surface area (Å²) in [6, 6.07) is 5.57. The first-order valence-corrected chi connectivity index (χ1v) is 7.78. The first-order chi connectivity index (χ1) is 10.0. The molecule has 0 N–H and O–H groups in total. The van der Waals surface area contributed by atoms with Crippen LogP contribution in [0, 0.1) is 10.1 Å². The molecule has 0 aromatic heterocycles. The third-order valence-corrected chi connectivity index (χ3v) is 4.86. The molecule has 0 aliphatic carbocycles. The maximum Gasteiger partial charge on any atom is 0.283 e.